The number of carbonyl (C=O) groups is 1. The molecule has 0 spiro atoms. The van der Waals surface area contributed by atoms with Crippen LogP contribution in [0.5, 0.6) is 46.0 Å². The van der Waals surface area contributed by atoms with Gasteiger partial charge >= 0.3 is 0 Å². The summed E-state index contributed by atoms with van der Waals surface area (Å²) in [4.78, 5) is 14.5. The summed E-state index contributed by atoms with van der Waals surface area (Å²) in [7, 11) is 8.54. The minimum atomic E-state index is -0.674. The fourth-order valence-corrected chi connectivity index (χ4v) is 7.62. The third-order valence-corrected chi connectivity index (χ3v) is 10.3. The standard InChI is InChI=1S/C42H49N3O7/c1-42(2,3)41(46)45-31-24-34(48-6)35-23-29(31)19-32-38-28(16-18-44(32)45)22-37(49-7)39(50-8)40(38)52-36-21-26(27(15-17-43-4)20-33(36)47-5)12-9-25-10-13-30(51-35)14-11-25/h10-11,13-14,20-24,32,43H,9,12,15-19H2,1-8H3/t32-/m0/s1. The second kappa shape index (κ2) is 14.2. The summed E-state index contributed by atoms with van der Waals surface area (Å²) in [5, 5.41) is 7.32. The van der Waals surface area contributed by atoms with Gasteiger partial charge in [-0.3, -0.25) is 4.79 Å². The highest BCUT2D eigenvalue weighted by atomic mass is 16.5. The third-order valence-electron chi connectivity index (χ3n) is 10.3. The largest absolute Gasteiger partial charge is 0.493 e. The van der Waals surface area contributed by atoms with Crippen LogP contribution in [0, 0.1) is 5.41 Å². The van der Waals surface area contributed by atoms with Crippen LogP contribution in [0.25, 0.3) is 0 Å². The lowest BCUT2D eigenvalue weighted by Gasteiger charge is -2.49. The molecule has 8 rings (SSSR count). The summed E-state index contributed by atoms with van der Waals surface area (Å²) in [6, 6.07) is 18.1. The van der Waals surface area contributed by atoms with Crippen molar-refractivity contribution in [2.24, 2.45) is 5.41 Å². The van der Waals surface area contributed by atoms with Crippen LogP contribution in [0.1, 0.15) is 60.2 Å². The lowest BCUT2D eigenvalue weighted by atomic mass is 9.85. The molecule has 10 heteroatoms. The van der Waals surface area contributed by atoms with Crippen molar-refractivity contribution in [3.8, 4) is 46.0 Å². The molecule has 10 nitrogen and oxygen atoms in total. The Bertz CT molecular complexity index is 1990. The summed E-state index contributed by atoms with van der Waals surface area (Å²) < 4.78 is 37.5. The van der Waals surface area contributed by atoms with E-state index in [1.807, 2.05) is 63.2 Å². The molecule has 4 aliphatic heterocycles. The van der Waals surface area contributed by atoms with E-state index in [4.69, 9.17) is 28.4 Å². The van der Waals surface area contributed by atoms with Crippen LogP contribution < -0.4 is 38.7 Å². The van der Waals surface area contributed by atoms with Gasteiger partial charge in [-0.05, 0) is 110 Å². The van der Waals surface area contributed by atoms with E-state index in [-0.39, 0.29) is 11.9 Å². The summed E-state index contributed by atoms with van der Waals surface area (Å²) >= 11 is 0. The molecule has 0 radical (unpaired) electrons. The van der Waals surface area contributed by atoms with Crippen molar-refractivity contribution >= 4 is 11.6 Å². The zero-order valence-corrected chi connectivity index (χ0v) is 31.5. The maximum absolute atomic E-state index is 14.5. The molecule has 0 saturated carbocycles. The Morgan fingerprint density at radius 1 is 0.808 bits per heavy atom. The van der Waals surface area contributed by atoms with Gasteiger partial charge in [-0.25, -0.2) is 10.0 Å². The summed E-state index contributed by atoms with van der Waals surface area (Å²) in [5.41, 5.74) is 6.63. The molecule has 4 aliphatic rings. The fourth-order valence-electron chi connectivity index (χ4n) is 7.62. The highest BCUT2D eigenvalue weighted by Gasteiger charge is 2.45. The number of hydrogen-bond acceptors (Lipinski definition) is 9. The SMILES string of the molecule is CNCCc1cc(OC)c2cc1CCc1ccc(cc1)Oc1cc3c(cc1OC)N(C(=O)C(C)(C)C)N1CCc4cc(OC)c(OC)c(c4[C@@H]1C3)O2. The second-order valence-corrected chi connectivity index (χ2v) is 14.6. The number of rotatable bonds is 7. The average Bonchev–Trinajstić information content (AvgIpc) is 3.14. The van der Waals surface area contributed by atoms with E-state index in [1.54, 1.807) is 28.4 Å². The number of nitrogens with one attached hydrogen (secondary N) is 1. The molecule has 1 amide bonds. The number of methoxy groups -OCH3 is 4. The number of hydrazine groups is 1. The lowest BCUT2D eigenvalue weighted by molar-refractivity contribution is -0.130. The molecule has 0 aromatic heterocycles. The zero-order chi connectivity index (χ0) is 36.7. The van der Waals surface area contributed by atoms with E-state index in [0.717, 1.165) is 48.2 Å². The molecule has 274 valence electrons. The minimum absolute atomic E-state index is 0.0261. The lowest BCUT2D eigenvalue weighted by Crippen LogP contribution is -2.57. The van der Waals surface area contributed by atoms with Crippen molar-refractivity contribution in [3.05, 3.63) is 88.0 Å². The van der Waals surface area contributed by atoms with Crippen LogP contribution in [-0.4, -0.2) is 59.5 Å². The van der Waals surface area contributed by atoms with E-state index in [9.17, 15) is 4.79 Å². The number of carbonyl (C=O) groups excluding carboxylic acids is 1. The first-order chi connectivity index (χ1) is 25.1. The summed E-state index contributed by atoms with van der Waals surface area (Å²) in [6.45, 7) is 7.28. The number of likely N-dealkylation sites (N-methyl/N-ethyl adjacent to an activating group) is 1. The van der Waals surface area contributed by atoms with E-state index in [1.165, 1.54) is 16.7 Å². The smallest absolute Gasteiger partial charge is 0.246 e. The van der Waals surface area contributed by atoms with Crippen molar-refractivity contribution in [2.75, 3.05) is 53.6 Å². The Hall–Kier alpha value is -4.93. The van der Waals surface area contributed by atoms with Gasteiger partial charge in [0, 0.05) is 23.6 Å². The van der Waals surface area contributed by atoms with E-state index in [2.05, 4.69) is 34.6 Å². The Kier molecular flexibility index (Phi) is 9.71. The van der Waals surface area contributed by atoms with Gasteiger partial charge in [0.15, 0.2) is 34.5 Å². The van der Waals surface area contributed by atoms with Crippen LogP contribution in [0.2, 0.25) is 0 Å². The second-order valence-electron chi connectivity index (χ2n) is 14.6. The predicted molar refractivity (Wildman–Crippen MR) is 201 cm³/mol. The summed E-state index contributed by atoms with van der Waals surface area (Å²) in [5.74, 6) is 4.65. The van der Waals surface area contributed by atoms with E-state index < -0.39 is 5.41 Å². The third kappa shape index (κ3) is 6.39. The topological polar surface area (TPSA) is 91.0 Å². The van der Waals surface area contributed by atoms with E-state index in [0.29, 0.717) is 65.4 Å². The molecule has 0 unspecified atom stereocenters. The number of hydrogen-bond donors (Lipinski definition) is 1. The van der Waals surface area contributed by atoms with Crippen LogP contribution in [0.15, 0.2) is 54.6 Å². The fraction of sp³-hybridized carbons (Fsp3) is 0.405. The molecule has 4 aromatic carbocycles. The molecule has 1 atom stereocenters. The van der Waals surface area contributed by atoms with Crippen LogP contribution in [-0.2, 0) is 36.9 Å². The number of benzene rings is 4. The first-order valence-corrected chi connectivity index (χ1v) is 18.0. The molecule has 7 bridgehead atoms. The summed E-state index contributed by atoms with van der Waals surface area (Å²) in [6.07, 6.45) is 3.70. The molecule has 52 heavy (non-hydrogen) atoms. The first kappa shape index (κ1) is 35.5. The van der Waals surface area contributed by atoms with Crippen molar-refractivity contribution in [2.45, 2.75) is 58.9 Å². The monoisotopic (exact) mass is 707 g/mol. The molecular formula is C42H49N3O7. The predicted octanol–water partition coefficient (Wildman–Crippen LogP) is 7.62. The van der Waals surface area contributed by atoms with Crippen LogP contribution in [0.3, 0.4) is 0 Å². The van der Waals surface area contributed by atoms with Gasteiger partial charge in [-0.1, -0.05) is 32.9 Å². The number of amides is 1. The Morgan fingerprint density at radius 3 is 2.17 bits per heavy atom. The van der Waals surface area contributed by atoms with Gasteiger partial charge in [0.05, 0.1) is 40.2 Å². The van der Waals surface area contributed by atoms with Gasteiger partial charge in [0.2, 0.25) is 11.7 Å². The van der Waals surface area contributed by atoms with Gasteiger partial charge in [-0.2, -0.15) is 0 Å². The van der Waals surface area contributed by atoms with Gasteiger partial charge < -0.3 is 33.7 Å². The number of ether oxygens (including phenoxy) is 6. The average molecular weight is 708 g/mol. The number of anilines is 1. The van der Waals surface area contributed by atoms with Gasteiger partial charge in [0.25, 0.3) is 0 Å². The van der Waals surface area contributed by atoms with Crippen LogP contribution >= 0.6 is 0 Å². The molecule has 4 heterocycles. The normalized spacial score (nSPS) is 16.4. The number of aryl methyl sites for hydroxylation is 2. The molecule has 4 aromatic rings. The Labute approximate surface area is 306 Å². The van der Waals surface area contributed by atoms with Crippen molar-refractivity contribution in [3.63, 3.8) is 0 Å². The molecular weight excluding hydrogens is 658 g/mol. The molecule has 1 N–H and O–H groups in total. The van der Waals surface area contributed by atoms with Crippen molar-refractivity contribution in [1.29, 1.82) is 0 Å². The number of nitrogens with zero attached hydrogens (tertiary/aromatic N) is 2. The minimum Gasteiger partial charge on any atom is -0.493 e. The molecule has 0 saturated heterocycles. The first-order valence-electron chi connectivity index (χ1n) is 18.0. The Balaban J connectivity index is 1.50. The van der Waals surface area contributed by atoms with E-state index >= 15 is 0 Å². The van der Waals surface area contributed by atoms with Gasteiger partial charge in [-0.15, -0.1) is 0 Å². The molecule has 0 aliphatic carbocycles. The highest BCUT2D eigenvalue weighted by molar-refractivity contribution is 5.98. The maximum Gasteiger partial charge on any atom is 0.246 e. The van der Waals surface area contributed by atoms with Crippen LogP contribution in [0.4, 0.5) is 5.69 Å². The maximum atomic E-state index is 14.5. The molecule has 0 fully saturated rings. The highest BCUT2D eigenvalue weighted by Crippen LogP contribution is 2.54. The van der Waals surface area contributed by atoms with Crippen molar-refractivity contribution < 1.29 is 33.2 Å². The number of fused-ring (bicyclic) bond motifs is 3. The zero-order valence-electron chi connectivity index (χ0n) is 31.5. The Morgan fingerprint density at radius 2 is 1.50 bits per heavy atom. The van der Waals surface area contributed by atoms with Gasteiger partial charge in [0.1, 0.15) is 5.75 Å². The quantitative estimate of drug-likeness (QED) is 0.208. The van der Waals surface area contributed by atoms with Crippen molar-refractivity contribution in [1.82, 2.24) is 10.3 Å².